The van der Waals surface area contributed by atoms with Crippen LogP contribution in [0.4, 0.5) is 11.4 Å². The second kappa shape index (κ2) is 9.88. The third-order valence-corrected chi connectivity index (χ3v) is 4.56. The van der Waals surface area contributed by atoms with Gasteiger partial charge >= 0.3 is 0 Å². The molecule has 0 fully saturated rings. The van der Waals surface area contributed by atoms with Crippen LogP contribution in [0.25, 0.3) is 0 Å². The number of nitro groups is 2. The Morgan fingerprint density at radius 1 is 0.967 bits per heavy atom. The molecule has 2 aromatic carbocycles. The standard InChI is InChI=1S/C16H12IN5O7S/c1-29-13-3-2-8(6-12(13)17)15(24)19-20-16(30)18-14(23)9-4-10(21(25)26)7-11(5-9)22(27)28/h2-7H,1H3,(H,19,24)(H2,18,20,23,30). The molecule has 14 heteroatoms. The molecule has 0 aromatic heterocycles. The average Bonchev–Trinajstić information content (AvgIpc) is 2.71. The van der Waals surface area contributed by atoms with Gasteiger partial charge in [-0.3, -0.25) is 46.0 Å². The van der Waals surface area contributed by atoms with Gasteiger partial charge in [0.1, 0.15) is 5.75 Å². The van der Waals surface area contributed by atoms with Gasteiger partial charge < -0.3 is 4.74 Å². The van der Waals surface area contributed by atoms with Crippen LogP contribution in [0.2, 0.25) is 0 Å². The average molecular weight is 545 g/mol. The maximum atomic E-state index is 12.2. The topological polar surface area (TPSA) is 166 Å². The molecule has 12 nitrogen and oxygen atoms in total. The van der Waals surface area contributed by atoms with E-state index in [2.05, 4.69) is 16.2 Å². The highest BCUT2D eigenvalue weighted by molar-refractivity contribution is 14.1. The molecule has 0 spiro atoms. The van der Waals surface area contributed by atoms with Crippen LogP contribution >= 0.6 is 34.8 Å². The molecule has 0 aliphatic heterocycles. The first-order chi connectivity index (χ1) is 14.1. The number of halogens is 1. The molecule has 0 bridgehead atoms. The summed E-state index contributed by atoms with van der Waals surface area (Å²) in [6.45, 7) is 0. The molecule has 0 aliphatic rings. The van der Waals surface area contributed by atoms with Crippen LogP contribution in [-0.2, 0) is 0 Å². The van der Waals surface area contributed by atoms with E-state index in [1.807, 2.05) is 22.6 Å². The van der Waals surface area contributed by atoms with Gasteiger partial charge in [0.05, 0.1) is 32.2 Å². The van der Waals surface area contributed by atoms with Crippen molar-refractivity contribution in [2.45, 2.75) is 0 Å². The molecule has 0 heterocycles. The lowest BCUT2D eigenvalue weighted by atomic mass is 10.1. The highest BCUT2D eigenvalue weighted by Gasteiger charge is 2.20. The molecule has 2 aromatic rings. The summed E-state index contributed by atoms with van der Waals surface area (Å²) in [6.07, 6.45) is 0. The van der Waals surface area contributed by atoms with Crippen molar-refractivity contribution in [2.24, 2.45) is 0 Å². The third kappa shape index (κ3) is 5.80. The zero-order valence-corrected chi connectivity index (χ0v) is 18.0. The summed E-state index contributed by atoms with van der Waals surface area (Å²) in [5, 5.41) is 23.6. The highest BCUT2D eigenvalue weighted by Crippen LogP contribution is 2.23. The largest absolute Gasteiger partial charge is 0.496 e. The van der Waals surface area contributed by atoms with Gasteiger partial charge in [-0.05, 0) is 53.0 Å². The van der Waals surface area contributed by atoms with Crippen molar-refractivity contribution in [2.75, 3.05) is 7.11 Å². The van der Waals surface area contributed by atoms with Crippen LogP contribution < -0.4 is 20.9 Å². The van der Waals surface area contributed by atoms with Gasteiger partial charge in [-0.1, -0.05) is 0 Å². The van der Waals surface area contributed by atoms with Gasteiger partial charge in [0, 0.05) is 17.7 Å². The van der Waals surface area contributed by atoms with E-state index in [4.69, 9.17) is 17.0 Å². The van der Waals surface area contributed by atoms with Crippen LogP contribution in [0.5, 0.6) is 5.75 Å². The zero-order chi connectivity index (χ0) is 22.4. The fourth-order valence-corrected chi connectivity index (χ4v) is 3.02. The zero-order valence-electron chi connectivity index (χ0n) is 15.0. The fourth-order valence-electron chi connectivity index (χ4n) is 2.14. The van der Waals surface area contributed by atoms with Crippen molar-refractivity contribution >= 4 is 63.1 Å². The Balaban J connectivity index is 2.03. The van der Waals surface area contributed by atoms with E-state index in [1.165, 1.54) is 13.2 Å². The number of nitro benzene ring substituents is 2. The van der Waals surface area contributed by atoms with Crippen LogP contribution in [-0.4, -0.2) is 33.9 Å². The first-order valence-corrected chi connectivity index (χ1v) is 9.30. The smallest absolute Gasteiger partial charge is 0.277 e. The van der Waals surface area contributed by atoms with Crippen molar-refractivity contribution in [3.8, 4) is 5.75 Å². The lowest BCUT2D eigenvalue weighted by Gasteiger charge is -2.11. The quantitative estimate of drug-likeness (QED) is 0.221. The maximum absolute atomic E-state index is 12.2. The number of carbonyl (C=O) groups is 2. The second-order valence-corrected chi connectivity index (χ2v) is 7.03. The molecule has 0 radical (unpaired) electrons. The number of nitrogens with one attached hydrogen (secondary N) is 3. The number of non-ortho nitro benzene ring substituents is 2. The molecule has 2 rings (SSSR count). The predicted octanol–water partition coefficient (Wildman–Crippen LogP) is 2.07. The molecule has 0 saturated heterocycles. The number of amides is 2. The van der Waals surface area contributed by atoms with E-state index in [-0.39, 0.29) is 16.2 Å². The molecular weight excluding hydrogens is 533 g/mol. The highest BCUT2D eigenvalue weighted by atomic mass is 127. The molecule has 0 unspecified atom stereocenters. The Kier molecular flexibility index (Phi) is 7.54. The maximum Gasteiger partial charge on any atom is 0.277 e. The van der Waals surface area contributed by atoms with Crippen LogP contribution in [0.3, 0.4) is 0 Å². The molecule has 0 atom stereocenters. The van der Waals surface area contributed by atoms with Crippen molar-refractivity contribution < 1.29 is 24.2 Å². The van der Waals surface area contributed by atoms with Crippen LogP contribution in [0.15, 0.2) is 36.4 Å². The van der Waals surface area contributed by atoms with Crippen molar-refractivity contribution in [3.05, 3.63) is 71.3 Å². The summed E-state index contributed by atoms with van der Waals surface area (Å²) < 4.78 is 5.80. The Morgan fingerprint density at radius 2 is 1.57 bits per heavy atom. The minimum Gasteiger partial charge on any atom is -0.496 e. The summed E-state index contributed by atoms with van der Waals surface area (Å²) in [5.74, 6) is -0.903. The number of rotatable bonds is 5. The third-order valence-electron chi connectivity index (χ3n) is 3.52. The number of benzene rings is 2. The molecular formula is C16H12IN5O7S. The number of carbonyl (C=O) groups excluding carboxylic acids is 2. The Morgan fingerprint density at radius 3 is 2.07 bits per heavy atom. The van der Waals surface area contributed by atoms with Gasteiger partial charge in [-0.25, -0.2) is 0 Å². The van der Waals surface area contributed by atoms with Crippen LogP contribution in [0, 0.1) is 23.8 Å². The van der Waals surface area contributed by atoms with E-state index in [0.717, 1.165) is 18.2 Å². The van der Waals surface area contributed by atoms with Gasteiger partial charge in [0.2, 0.25) is 0 Å². The summed E-state index contributed by atoms with van der Waals surface area (Å²) in [4.78, 5) is 44.5. The molecule has 30 heavy (non-hydrogen) atoms. The second-order valence-electron chi connectivity index (χ2n) is 5.46. The van der Waals surface area contributed by atoms with E-state index in [1.54, 1.807) is 12.1 Å². The van der Waals surface area contributed by atoms with Gasteiger partial charge in [-0.2, -0.15) is 0 Å². The van der Waals surface area contributed by atoms with E-state index < -0.39 is 33.0 Å². The first kappa shape index (κ1) is 22.9. The predicted molar refractivity (Wildman–Crippen MR) is 116 cm³/mol. The molecule has 156 valence electrons. The lowest BCUT2D eigenvalue weighted by Crippen LogP contribution is -2.48. The van der Waals surface area contributed by atoms with E-state index in [9.17, 15) is 29.8 Å². The SMILES string of the molecule is COc1ccc(C(=O)NNC(=S)NC(=O)c2cc([N+](=O)[O-])cc([N+](=O)[O-])c2)cc1I. The molecule has 0 saturated carbocycles. The summed E-state index contributed by atoms with van der Waals surface area (Å²) in [6, 6.07) is 7.14. The number of hydrogen-bond donors (Lipinski definition) is 3. The number of ether oxygens (including phenoxy) is 1. The first-order valence-electron chi connectivity index (χ1n) is 7.81. The number of hydrazine groups is 1. The number of nitrogens with zero attached hydrogens (tertiary/aromatic N) is 2. The van der Waals surface area contributed by atoms with Crippen molar-refractivity contribution in [1.82, 2.24) is 16.2 Å². The molecule has 0 aliphatic carbocycles. The number of thiocarbonyl (C=S) groups is 1. The van der Waals surface area contributed by atoms with Crippen molar-refractivity contribution in [3.63, 3.8) is 0 Å². The minimum atomic E-state index is -0.937. The van der Waals surface area contributed by atoms with Gasteiger partial charge in [0.15, 0.2) is 5.11 Å². The Labute approximate surface area is 187 Å². The van der Waals surface area contributed by atoms with Crippen LogP contribution in [0.1, 0.15) is 20.7 Å². The summed E-state index contributed by atoms with van der Waals surface area (Å²) in [7, 11) is 1.50. The number of hydrogen-bond acceptors (Lipinski definition) is 8. The summed E-state index contributed by atoms with van der Waals surface area (Å²) >= 11 is 6.88. The summed E-state index contributed by atoms with van der Waals surface area (Å²) in [5.41, 5.74) is 3.26. The van der Waals surface area contributed by atoms with Gasteiger partial charge in [-0.15, -0.1) is 0 Å². The Bertz CT molecular complexity index is 1030. The van der Waals surface area contributed by atoms with E-state index >= 15 is 0 Å². The Hall–Kier alpha value is -3.40. The molecule has 2 amide bonds. The monoisotopic (exact) mass is 545 g/mol. The number of methoxy groups -OCH3 is 1. The lowest BCUT2D eigenvalue weighted by molar-refractivity contribution is -0.394. The normalized spacial score (nSPS) is 9.93. The minimum absolute atomic E-state index is 0.288. The van der Waals surface area contributed by atoms with E-state index in [0.29, 0.717) is 9.32 Å². The van der Waals surface area contributed by atoms with Crippen molar-refractivity contribution in [1.29, 1.82) is 0 Å². The van der Waals surface area contributed by atoms with Gasteiger partial charge in [0.25, 0.3) is 23.2 Å². The fraction of sp³-hybridized carbons (Fsp3) is 0.0625. The molecule has 3 N–H and O–H groups in total.